The van der Waals surface area contributed by atoms with E-state index in [1.807, 2.05) is 34.9 Å². The minimum absolute atomic E-state index is 0.0805. The van der Waals surface area contributed by atoms with Crippen molar-refractivity contribution in [1.29, 1.82) is 0 Å². The molecule has 0 unspecified atom stereocenters. The summed E-state index contributed by atoms with van der Waals surface area (Å²) < 4.78 is 10.9. The van der Waals surface area contributed by atoms with Crippen molar-refractivity contribution in [3.8, 4) is 5.75 Å². The number of rotatable bonds is 5. The number of aromatic amines is 1. The molecule has 1 spiro atoms. The molecule has 2 amide bonds. The number of amides is 2. The first-order chi connectivity index (χ1) is 16.0. The van der Waals surface area contributed by atoms with E-state index in [-0.39, 0.29) is 29.8 Å². The van der Waals surface area contributed by atoms with Gasteiger partial charge in [-0.1, -0.05) is 6.92 Å². The molecule has 1 atom stereocenters. The van der Waals surface area contributed by atoms with Crippen LogP contribution < -0.4 is 4.74 Å². The molecule has 5 rings (SSSR count). The van der Waals surface area contributed by atoms with Gasteiger partial charge in [-0.3, -0.25) is 9.59 Å². The molecule has 0 saturated carbocycles. The average molecular weight is 456 g/mol. The van der Waals surface area contributed by atoms with Gasteiger partial charge in [-0.2, -0.15) is 0 Å². The number of likely N-dealkylation sites (tertiary alicyclic amines) is 1. The second-order valence-electron chi connectivity index (χ2n) is 9.66. The molecule has 33 heavy (non-hydrogen) atoms. The number of nitrogens with zero attached hydrogens (tertiary/aromatic N) is 2. The number of nitrogens with one attached hydrogen (secondary N) is 1. The molecule has 0 radical (unpaired) electrons. The zero-order valence-corrected chi connectivity index (χ0v) is 19.4. The van der Waals surface area contributed by atoms with Crippen LogP contribution in [0, 0.1) is 5.92 Å². The van der Waals surface area contributed by atoms with E-state index in [1.165, 1.54) is 0 Å². The lowest BCUT2D eigenvalue weighted by molar-refractivity contribution is -0.149. The highest BCUT2D eigenvalue weighted by Gasteiger charge is 2.55. The Bertz CT molecular complexity index is 1050. The van der Waals surface area contributed by atoms with E-state index in [1.54, 1.807) is 7.11 Å². The lowest BCUT2D eigenvalue weighted by atomic mass is 9.68. The number of hydrogen-bond acceptors (Lipinski definition) is 5. The lowest BCUT2D eigenvalue weighted by Gasteiger charge is -2.56. The molecule has 178 valence electrons. The van der Waals surface area contributed by atoms with Gasteiger partial charge in [-0.05, 0) is 37.0 Å². The van der Waals surface area contributed by atoms with Crippen molar-refractivity contribution in [1.82, 2.24) is 14.8 Å². The zero-order chi connectivity index (χ0) is 23.2. The van der Waals surface area contributed by atoms with E-state index in [2.05, 4.69) is 4.98 Å². The first-order valence-corrected chi connectivity index (χ1v) is 12.0. The van der Waals surface area contributed by atoms with Crippen LogP contribution in [0.4, 0.5) is 0 Å². The maximum Gasteiger partial charge on any atom is 0.226 e. The number of hydrogen-bond donors (Lipinski definition) is 2. The SMILES string of the molecule is CCCC(=O)N1CC2(C1)CN(C(=O)C1CCOCC1)[C@H](CO)c1[nH]c3cc(OC)ccc3c12. The van der Waals surface area contributed by atoms with Gasteiger partial charge >= 0.3 is 0 Å². The fourth-order valence-electron chi connectivity index (χ4n) is 5.91. The lowest BCUT2D eigenvalue weighted by Crippen LogP contribution is -2.68. The van der Waals surface area contributed by atoms with E-state index in [0.29, 0.717) is 52.1 Å². The quantitative estimate of drug-likeness (QED) is 0.722. The summed E-state index contributed by atoms with van der Waals surface area (Å²) in [5.41, 5.74) is 2.61. The summed E-state index contributed by atoms with van der Waals surface area (Å²) in [6.45, 7) is 4.74. The fourth-order valence-corrected chi connectivity index (χ4v) is 5.91. The molecular formula is C25H33N3O5. The molecule has 8 heteroatoms. The molecule has 2 aromatic rings. The molecule has 4 heterocycles. The van der Waals surface area contributed by atoms with Crippen LogP contribution >= 0.6 is 0 Å². The van der Waals surface area contributed by atoms with E-state index < -0.39 is 6.04 Å². The van der Waals surface area contributed by atoms with Gasteiger partial charge in [0, 0.05) is 67.8 Å². The summed E-state index contributed by atoms with van der Waals surface area (Å²) in [7, 11) is 1.64. The van der Waals surface area contributed by atoms with Crippen LogP contribution in [0.1, 0.15) is 49.9 Å². The Morgan fingerprint density at radius 3 is 2.67 bits per heavy atom. The summed E-state index contributed by atoms with van der Waals surface area (Å²) in [6, 6.07) is 5.52. The zero-order valence-electron chi connectivity index (χ0n) is 19.4. The van der Waals surface area contributed by atoms with Gasteiger partial charge in [0.05, 0.1) is 25.2 Å². The second kappa shape index (κ2) is 8.65. The molecule has 0 bridgehead atoms. The number of carbonyl (C=O) groups is 2. The van der Waals surface area contributed by atoms with Crippen molar-refractivity contribution in [3.05, 3.63) is 29.5 Å². The van der Waals surface area contributed by atoms with Crippen LogP contribution in [0.25, 0.3) is 10.9 Å². The third-order valence-electron chi connectivity index (χ3n) is 7.58. The normalized spacial score (nSPS) is 22.3. The average Bonchev–Trinajstić information content (AvgIpc) is 3.20. The molecule has 0 aliphatic carbocycles. The third-order valence-corrected chi connectivity index (χ3v) is 7.58. The van der Waals surface area contributed by atoms with Crippen molar-refractivity contribution in [2.45, 2.75) is 44.1 Å². The van der Waals surface area contributed by atoms with Gasteiger partial charge in [-0.25, -0.2) is 0 Å². The number of aromatic nitrogens is 1. The molecule has 2 N–H and O–H groups in total. The van der Waals surface area contributed by atoms with Crippen molar-refractivity contribution in [2.24, 2.45) is 5.92 Å². The number of benzene rings is 1. The summed E-state index contributed by atoms with van der Waals surface area (Å²) in [6.07, 6.45) is 2.77. The van der Waals surface area contributed by atoms with Crippen molar-refractivity contribution in [3.63, 3.8) is 0 Å². The van der Waals surface area contributed by atoms with Crippen LogP contribution in [0.3, 0.4) is 0 Å². The number of aliphatic hydroxyl groups excluding tert-OH is 1. The topological polar surface area (TPSA) is 95.1 Å². The van der Waals surface area contributed by atoms with E-state index in [0.717, 1.165) is 34.3 Å². The van der Waals surface area contributed by atoms with Crippen LogP contribution in [0.15, 0.2) is 18.2 Å². The number of H-pyrrole nitrogens is 1. The summed E-state index contributed by atoms with van der Waals surface area (Å²) >= 11 is 0. The van der Waals surface area contributed by atoms with Gasteiger partial charge in [0.15, 0.2) is 0 Å². The number of fused-ring (bicyclic) bond motifs is 4. The van der Waals surface area contributed by atoms with E-state index in [9.17, 15) is 14.7 Å². The Kier molecular flexibility index (Phi) is 5.82. The Hall–Kier alpha value is -2.58. The van der Waals surface area contributed by atoms with Crippen molar-refractivity contribution < 1.29 is 24.2 Å². The second-order valence-corrected chi connectivity index (χ2v) is 9.66. The Balaban J connectivity index is 1.57. The number of carbonyl (C=O) groups excluding carboxylic acids is 2. The van der Waals surface area contributed by atoms with Gasteiger partial charge in [-0.15, -0.1) is 0 Å². The smallest absolute Gasteiger partial charge is 0.226 e. The van der Waals surface area contributed by atoms with E-state index in [4.69, 9.17) is 9.47 Å². The van der Waals surface area contributed by atoms with Crippen molar-refractivity contribution in [2.75, 3.05) is 46.6 Å². The molecule has 8 nitrogen and oxygen atoms in total. The largest absolute Gasteiger partial charge is 0.497 e. The monoisotopic (exact) mass is 455 g/mol. The highest BCUT2D eigenvalue weighted by Crippen LogP contribution is 2.49. The van der Waals surface area contributed by atoms with Crippen LogP contribution in [0.2, 0.25) is 0 Å². The highest BCUT2D eigenvalue weighted by molar-refractivity contribution is 5.90. The van der Waals surface area contributed by atoms with Crippen molar-refractivity contribution >= 4 is 22.7 Å². The first-order valence-electron chi connectivity index (χ1n) is 12.0. The third kappa shape index (κ3) is 3.60. The van der Waals surface area contributed by atoms with Gasteiger partial charge in [0.2, 0.25) is 11.8 Å². The predicted octanol–water partition coefficient (Wildman–Crippen LogP) is 2.36. The number of aliphatic hydroxyl groups is 1. The Morgan fingerprint density at radius 2 is 2.00 bits per heavy atom. The molecule has 3 aliphatic rings. The molecule has 2 saturated heterocycles. The number of methoxy groups -OCH3 is 1. The predicted molar refractivity (Wildman–Crippen MR) is 123 cm³/mol. The first kappa shape index (κ1) is 22.2. The molecule has 1 aromatic carbocycles. The Morgan fingerprint density at radius 1 is 1.24 bits per heavy atom. The van der Waals surface area contributed by atoms with Gasteiger partial charge in [0.25, 0.3) is 0 Å². The van der Waals surface area contributed by atoms with Crippen LogP contribution in [-0.4, -0.2) is 78.3 Å². The Labute approximate surface area is 193 Å². The van der Waals surface area contributed by atoms with Crippen LogP contribution in [-0.2, 0) is 19.7 Å². The molecule has 2 fully saturated rings. The summed E-state index contributed by atoms with van der Waals surface area (Å²) in [4.78, 5) is 33.5. The molecule has 1 aromatic heterocycles. The molecular weight excluding hydrogens is 422 g/mol. The summed E-state index contributed by atoms with van der Waals surface area (Å²) in [5.74, 6) is 0.905. The minimum atomic E-state index is -0.431. The fraction of sp³-hybridized carbons (Fsp3) is 0.600. The van der Waals surface area contributed by atoms with Gasteiger partial charge < -0.3 is 29.4 Å². The van der Waals surface area contributed by atoms with E-state index >= 15 is 0 Å². The maximum absolute atomic E-state index is 13.6. The maximum atomic E-state index is 13.6. The number of ether oxygens (including phenoxy) is 2. The van der Waals surface area contributed by atoms with Gasteiger partial charge in [0.1, 0.15) is 5.75 Å². The highest BCUT2D eigenvalue weighted by atomic mass is 16.5. The standard InChI is InChI=1S/C25H33N3O5/c1-3-4-21(30)27-13-25(14-27)15-28(24(31)16-7-9-33-10-8-16)20(12-29)23-22(25)18-6-5-17(32-2)11-19(18)26-23/h5-6,11,16,20,26,29H,3-4,7-10,12-15H2,1-2H3/t20-/m1/s1. The molecule has 3 aliphatic heterocycles. The minimum Gasteiger partial charge on any atom is -0.497 e. The summed E-state index contributed by atoms with van der Waals surface area (Å²) in [5, 5.41) is 11.5. The van der Waals surface area contributed by atoms with Crippen LogP contribution in [0.5, 0.6) is 5.75 Å².